The molecule has 9 nitrogen and oxygen atoms in total. The number of nitrogens with one attached hydrogen (secondary N) is 1. The molecule has 0 aliphatic carbocycles. The lowest BCUT2D eigenvalue weighted by Gasteiger charge is -2.13. The Morgan fingerprint density at radius 3 is 2.23 bits per heavy atom. The number of phenolic OH excluding ortho intramolecular Hbond substituents is 2. The van der Waals surface area contributed by atoms with E-state index in [9.17, 15) is 28.0 Å². The maximum absolute atomic E-state index is 11.7. The molecule has 0 spiro atoms. The van der Waals surface area contributed by atoms with Crippen LogP contribution in [0.5, 0.6) is 11.5 Å². The second-order valence-electron chi connectivity index (χ2n) is 6.18. The lowest BCUT2D eigenvalue weighted by atomic mass is 10.1. The standard InChI is InChI=1S/C18H12Cl3N3O6S/c1-7(25)22-12-5-9-8(3-2-4-13(9)31(28,29)30)17(26)15(12)23-24-16-14(21)10(19)6-11(20)18(16)27/h2-6,26-27H,1H3,(H,22,25)(H,28,29,30). The summed E-state index contributed by atoms with van der Waals surface area (Å²) in [5.41, 5.74) is -0.693. The topological polar surface area (TPSA) is 149 Å². The summed E-state index contributed by atoms with van der Waals surface area (Å²) in [4.78, 5) is 11.1. The van der Waals surface area contributed by atoms with Gasteiger partial charge in [-0.25, -0.2) is 0 Å². The van der Waals surface area contributed by atoms with Gasteiger partial charge in [-0.2, -0.15) is 8.42 Å². The minimum absolute atomic E-state index is 0.00220. The third kappa shape index (κ3) is 4.53. The zero-order chi connectivity index (χ0) is 23.1. The first-order valence-corrected chi connectivity index (χ1v) is 10.8. The average Bonchev–Trinajstić information content (AvgIpc) is 2.66. The number of carbonyl (C=O) groups is 1. The number of nitrogens with zero attached hydrogens (tertiary/aromatic N) is 2. The van der Waals surface area contributed by atoms with Crippen LogP contribution in [0.1, 0.15) is 6.92 Å². The first-order chi connectivity index (χ1) is 14.4. The Balaban J connectivity index is 2.32. The summed E-state index contributed by atoms with van der Waals surface area (Å²) in [5, 5.41) is 30.5. The second kappa shape index (κ2) is 8.48. The van der Waals surface area contributed by atoms with E-state index in [-0.39, 0.29) is 42.9 Å². The van der Waals surface area contributed by atoms with Gasteiger partial charge in [0.2, 0.25) is 5.91 Å². The van der Waals surface area contributed by atoms with Gasteiger partial charge < -0.3 is 15.5 Å². The molecule has 3 rings (SSSR count). The van der Waals surface area contributed by atoms with E-state index in [1.165, 1.54) is 31.2 Å². The molecule has 3 aromatic carbocycles. The van der Waals surface area contributed by atoms with Crippen LogP contribution in [0.2, 0.25) is 15.1 Å². The van der Waals surface area contributed by atoms with E-state index in [2.05, 4.69) is 15.5 Å². The Morgan fingerprint density at radius 2 is 1.61 bits per heavy atom. The Bertz CT molecular complexity index is 1350. The molecule has 0 radical (unpaired) electrons. The van der Waals surface area contributed by atoms with E-state index in [0.29, 0.717) is 0 Å². The number of azo groups is 1. The quantitative estimate of drug-likeness (QED) is 0.199. The van der Waals surface area contributed by atoms with Gasteiger partial charge in [0.1, 0.15) is 10.6 Å². The van der Waals surface area contributed by atoms with Crippen LogP contribution in [0.25, 0.3) is 10.8 Å². The predicted molar refractivity (Wildman–Crippen MR) is 117 cm³/mol. The van der Waals surface area contributed by atoms with E-state index in [4.69, 9.17) is 34.8 Å². The fourth-order valence-corrected chi connectivity index (χ4v) is 4.07. The average molecular weight is 505 g/mol. The number of benzene rings is 3. The van der Waals surface area contributed by atoms with Crippen LogP contribution >= 0.6 is 34.8 Å². The van der Waals surface area contributed by atoms with Crippen molar-refractivity contribution in [1.29, 1.82) is 0 Å². The molecule has 0 saturated heterocycles. The lowest BCUT2D eigenvalue weighted by Crippen LogP contribution is -2.06. The van der Waals surface area contributed by atoms with E-state index >= 15 is 0 Å². The van der Waals surface area contributed by atoms with Gasteiger partial charge in [-0.05, 0) is 18.2 Å². The number of halogens is 3. The van der Waals surface area contributed by atoms with Crippen molar-refractivity contribution in [2.24, 2.45) is 10.2 Å². The molecule has 0 unspecified atom stereocenters. The highest BCUT2D eigenvalue weighted by molar-refractivity contribution is 7.86. The first kappa shape index (κ1) is 23.0. The third-order valence-electron chi connectivity index (χ3n) is 4.05. The molecule has 4 N–H and O–H groups in total. The van der Waals surface area contributed by atoms with Crippen LogP contribution in [0, 0.1) is 0 Å². The van der Waals surface area contributed by atoms with Crippen molar-refractivity contribution in [3.8, 4) is 11.5 Å². The monoisotopic (exact) mass is 503 g/mol. The summed E-state index contributed by atoms with van der Waals surface area (Å²) in [5.74, 6) is -1.64. The molecule has 0 aliphatic heterocycles. The minimum atomic E-state index is -4.64. The molecular formula is C18H12Cl3N3O6S. The fourth-order valence-electron chi connectivity index (χ4n) is 2.74. The van der Waals surface area contributed by atoms with Gasteiger partial charge in [-0.3, -0.25) is 9.35 Å². The van der Waals surface area contributed by atoms with Gasteiger partial charge in [-0.1, -0.05) is 46.9 Å². The molecule has 13 heteroatoms. The van der Waals surface area contributed by atoms with Crippen LogP contribution in [0.15, 0.2) is 45.5 Å². The number of hydrogen-bond acceptors (Lipinski definition) is 7. The van der Waals surface area contributed by atoms with E-state index in [1.807, 2.05) is 0 Å². The Hall–Kier alpha value is -2.63. The molecule has 0 aromatic heterocycles. The summed E-state index contributed by atoms with van der Waals surface area (Å²) in [6, 6.07) is 6.19. The number of anilines is 1. The number of phenols is 2. The minimum Gasteiger partial charge on any atom is -0.505 e. The van der Waals surface area contributed by atoms with E-state index < -0.39 is 32.4 Å². The molecule has 3 aromatic rings. The molecule has 0 atom stereocenters. The number of amides is 1. The van der Waals surface area contributed by atoms with Gasteiger partial charge in [0.15, 0.2) is 17.2 Å². The van der Waals surface area contributed by atoms with Crippen LogP contribution in [0.4, 0.5) is 17.1 Å². The van der Waals surface area contributed by atoms with Gasteiger partial charge >= 0.3 is 0 Å². The highest BCUT2D eigenvalue weighted by Gasteiger charge is 2.21. The lowest BCUT2D eigenvalue weighted by molar-refractivity contribution is -0.114. The first-order valence-electron chi connectivity index (χ1n) is 8.23. The zero-order valence-electron chi connectivity index (χ0n) is 15.4. The SMILES string of the molecule is CC(=O)Nc1cc2c(S(=O)(=O)O)cccc2c(O)c1N=Nc1c(O)c(Cl)cc(Cl)c1Cl. The van der Waals surface area contributed by atoms with Gasteiger partial charge in [-0.15, -0.1) is 10.2 Å². The molecule has 0 aliphatic rings. The van der Waals surface area contributed by atoms with Crippen molar-refractivity contribution in [2.75, 3.05) is 5.32 Å². The Labute approximate surface area is 190 Å². The molecular weight excluding hydrogens is 493 g/mol. The second-order valence-corrected chi connectivity index (χ2v) is 8.76. The van der Waals surface area contributed by atoms with Crippen molar-refractivity contribution in [3.63, 3.8) is 0 Å². The molecule has 1 amide bonds. The molecule has 31 heavy (non-hydrogen) atoms. The molecule has 0 saturated carbocycles. The Kier molecular flexibility index (Phi) is 6.30. The highest BCUT2D eigenvalue weighted by Crippen LogP contribution is 2.47. The largest absolute Gasteiger partial charge is 0.505 e. The smallest absolute Gasteiger partial charge is 0.295 e. The van der Waals surface area contributed by atoms with Crippen molar-refractivity contribution in [1.82, 2.24) is 0 Å². The predicted octanol–water partition coefficient (Wildman–Crippen LogP) is 5.83. The fraction of sp³-hybridized carbons (Fsp3) is 0.0556. The Morgan fingerprint density at radius 1 is 0.968 bits per heavy atom. The van der Waals surface area contributed by atoms with Crippen molar-refractivity contribution < 1.29 is 28.0 Å². The van der Waals surface area contributed by atoms with Crippen molar-refractivity contribution in [3.05, 3.63) is 45.4 Å². The van der Waals surface area contributed by atoms with Crippen LogP contribution in [-0.4, -0.2) is 29.1 Å². The van der Waals surface area contributed by atoms with Gasteiger partial charge in [0.05, 0.1) is 20.8 Å². The summed E-state index contributed by atoms with van der Waals surface area (Å²) in [7, 11) is -4.64. The molecule has 162 valence electrons. The maximum Gasteiger partial charge on any atom is 0.295 e. The van der Waals surface area contributed by atoms with Crippen LogP contribution in [-0.2, 0) is 14.9 Å². The highest BCUT2D eigenvalue weighted by atomic mass is 35.5. The van der Waals surface area contributed by atoms with Crippen LogP contribution in [0.3, 0.4) is 0 Å². The van der Waals surface area contributed by atoms with Gasteiger partial charge in [0.25, 0.3) is 10.1 Å². The van der Waals surface area contributed by atoms with Gasteiger partial charge in [0, 0.05) is 17.7 Å². The molecule has 0 heterocycles. The van der Waals surface area contributed by atoms with Crippen LogP contribution < -0.4 is 5.32 Å². The number of fused-ring (bicyclic) bond motifs is 1. The number of hydrogen-bond donors (Lipinski definition) is 4. The summed E-state index contributed by atoms with van der Waals surface area (Å²) < 4.78 is 32.9. The summed E-state index contributed by atoms with van der Waals surface area (Å²) in [6.45, 7) is 1.18. The van der Waals surface area contributed by atoms with E-state index in [1.54, 1.807) is 0 Å². The van der Waals surface area contributed by atoms with Crippen molar-refractivity contribution >= 4 is 78.7 Å². The third-order valence-corrected chi connectivity index (χ3v) is 6.03. The zero-order valence-corrected chi connectivity index (χ0v) is 18.5. The molecule has 0 fully saturated rings. The number of carbonyl (C=O) groups excluding carboxylic acids is 1. The maximum atomic E-state index is 11.7. The van der Waals surface area contributed by atoms with E-state index in [0.717, 1.165) is 6.07 Å². The van der Waals surface area contributed by atoms with Crippen molar-refractivity contribution in [2.45, 2.75) is 11.8 Å². The normalized spacial score (nSPS) is 11.9. The number of rotatable bonds is 4. The number of aromatic hydroxyl groups is 2. The summed E-state index contributed by atoms with van der Waals surface area (Å²) >= 11 is 17.8. The molecule has 0 bridgehead atoms. The summed E-state index contributed by atoms with van der Waals surface area (Å²) in [6.07, 6.45) is 0.